The first-order valence-electron chi connectivity index (χ1n) is 7.40. The molecule has 2 rings (SSSR count). The van der Waals surface area contributed by atoms with Gasteiger partial charge >= 0.3 is 0 Å². The zero-order valence-corrected chi connectivity index (χ0v) is 12.7. The highest BCUT2D eigenvalue weighted by Gasteiger charge is 2.21. The maximum Gasteiger partial charge on any atom is 0.119 e. The van der Waals surface area contributed by atoms with Gasteiger partial charge in [-0.2, -0.15) is 5.26 Å². The summed E-state index contributed by atoms with van der Waals surface area (Å²) in [5.41, 5.74) is 2.56. The van der Waals surface area contributed by atoms with Crippen molar-refractivity contribution in [2.75, 3.05) is 13.7 Å². The minimum absolute atomic E-state index is 0.249. The lowest BCUT2D eigenvalue weighted by molar-refractivity contribution is 0.284. The average molecular weight is 272 g/mol. The van der Waals surface area contributed by atoms with Crippen LogP contribution in [0.2, 0.25) is 0 Å². The minimum atomic E-state index is -0.249. The summed E-state index contributed by atoms with van der Waals surface area (Å²) in [7, 11) is 2.02. The van der Waals surface area contributed by atoms with E-state index >= 15 is 0 Å². The summed E-state index contributed by atoms with van der Waals surface area (Å²) in [4.78, 5) is 0. The van der Waals surface area contributed by atoms with Crippen LogP contribution < -0.4 is 10.1 Å². The highest BCUT2D eigenvalue weighted by Crippen LogP contribution is 2.33. The fraction of sp³-hybridized carbons (Fsp3) is 0.588. The number of hydrogen-bond donors (Lipinski definition) is 1. The average Bonchev–Trinajstić information content (AvgIpc) is 2.86. The maximum atomic E-state index is 8.97. The van der Waals surface area contributed by atoms with E-state index in [-0.39, 0.29) is 5.41 Å². The number of nitrogens with one attached hydrogen (secondary N) is 1. The van der Waals surface area contributed by atoms with Gasteiger partial charge in [0.2, 0.25) is 0 Å². The van der Waals surface area contributed by atoms with Crippen molar-refractivity contribution in [1.82, 2.24) is 5.32 Å². The lowest BCUT2D eigenvalue weighted by Crippen LogP contribution is -2.12. The van der Waals surface area contributed by atoms with E-state index in [0.717, 1.165) is 25.0 Å². The number of hydrogen-bond acceptors (Lipinski definition) is 3. The van der Waals surface area contributed by atoms with E-state index in [2.05, 4.69) is 29.6 Å². The van der Waals surface area contributed by atoms with Crippen molar-refractivity contribution in [2.45, 2.75) is 45.6 Å². The molecule has 1 aliphatic carbocycles. The normalized spacial score (nSPS) is 17.6. The van der Waals surface area contributed by atoms with Crippen LogP contribution in [-0.2, 0) is 6.42 Å². The molecule has 1 N–H and O–H groups in total. The van der Waals surface area contributed by atoms with Crippen LogP contribution in [0.1, 0.15) is 50.3 Å². The first kappa shape index (κ1) is 14.9. The van der Waals surface area contributed by atoms with Crippen LogP contribution in [0.4, 0.5) is 0 Å². The lowest BCUT2D eigenvalue weighted by atomic mass is 9.90. The summed E-state index contributed by atoms with van der Waals surface area (Å²) >= 11 is 0. The molecule has 0 aliphatic heterocycles. The van der Waals surface area contributed by atoms with Crippen LogP contribution in [0.15, 0.2) is 18.2 Å². The molecular weight excluding hydrogens is 248 g/mol. The third-order valence-corrected chi connectivity index (χ3v) is 4.06. The van der Waals surface area contributed by atoms with E-state index in [1.807, 2.05) is 20.9 Å². The molecule has 0 saturated heterocycles. The van der Waals surface area contributed by atoms with Crippen LogP contribution in [0.25, 0.3) is 0 Å². The molecule has 108 valence electrons. The minimum Gasteiger partial charge on any atom is -0.494 e. The summed E-state index contributed by atoms with van der Waals surface area (Å²) in [6, 6.07) is 9.23. The second-order valence-electron chi connectivity index (χ2n) is 6.19. The van der Waals surface area contributed by atoms with Crippen molar-refractivity contribution in [1.29, 1.82) is 5.26 Å². The molecule has 0 heterocycles. The molecule has 0 spiro atoms. The van der Waals surface area contributed by atoms with Crippen LogP contribution >= 0.6 is 0 Å². The Hall–Kier alpha value is -1.53. The smallest absolute Gasteiger partial charge is 0.119 e. The molecule has 3 heteroatoms. The topological polar surface area (TPSA) is 45.0 Å². The number of ether oxygens (including phenoxy) is 1. The van der Waals surface area contributed by atoms with Crippen molar-refractivity contribution in [3.8, 4) is 11.8 Å². The Morgan fingerprint density at radius 2 is 2.25 bits per heavy atom. The van der Waals surface area contributed by atoms with Crippen LogP contribution in [0, 0.1) is 16.7 Å². The first-order valence-corrected chi connectivity index (χ1v) is 7.40. The van der Waals surface area contributed by atoms with Gasteiger partial charge < -0.3 is 10.1 Å². The van der Waals surface area contributed by atoms with Gasteiger partial charge in [-0.15, -0.1) is 0 Å². The van der Waals surface area contributed by atoms with Crippen molar-refractivity contribution >= 4 is 0 Å². The van der Waals surface area contributed by atoms with Crippen molar-refractivity contribution < 1.29 is 4.74 Å². The van der Waals surface area contributed by atoms with Gasteiger partial charge in [0, 0.05) is 6.04 Å². The van der Waals surface area contributed by atoms with Gasteiger partial charge in [-0.1, -0.05) is 6.07 Å². The van der Waals surface area contributed by atoms with Gasteiger partial charge in [0.1, 0.15) is 5.75 Å². The molecule has 0 saturated carbocycles. The van der Waals surface area contributed by atoms with E-state index in [1.54, 1.807) is 0 Å². The van der Waals surface area contributed by atoms with Crippen LogP contribution in [0.5, 0.6) is 5.75 Å². The monoisotopic (exact) mass is 272 g/mol. The molecule has 0 radical (unpaired) electrons. The summed E-state index contributed by atoms with van der Waals surface area (Å²) in [6.45, 7) is 4.62. The van der Waals surface area contributed by atoms with Gasteiger partial charge in [-0.25, -0.2) is 0 Å². The van der Waals surface area contributed by atoms with E-state index in [1.165, 1.54) is 17.5 Å². The van der Waals surface area contributed by atoms with Gasteiger partial charge in [0.05, 0.1) is 18.1 Å². The fourth-order valence-corrected chi connectivity index (χ4v) is 2.74. The Balaban J connectivity index is 1.85. The second-order valence-corrected chi connectivity index (χ2v) is 6.19. The molecule has 1 unspecified atom stereocenters. The molecule has 1 aromatic rings. The summed E-state index contributed by atoms with van der Waals surface area (Å²) in [5.74, 6) is 0.954. The Morgan fingerprint density at radius 3 is 2.95 bits per heavy atom. The molecule has 0 bridgehead atoms. The lowest BCUT2D eigenvalue weighted by Gasteiger charge is -2.15. The first-order chi connectivity index (χ1) is 9.55. The quantitative estimate of drug-likeness (QED) is 0.805. The molecule has 3 nitrogen and oxygen atoms in total. The molecule has 20 heavy (non-hydrogen) atoms. The van der Waals surface area contributed by atoms with E-state index in [9.17, 15) is 0 Å². The number of rotatable bonds is 6. The number of aryl methyl sites for hydroxylation is 1. The largest absolute Gasteiger partial charge is 0.494 e. The molecule has 1 aliphatic rings. The number of fused-ring (bicyclic) bond motifs is 1. The van der Waals surface area contributed by atoms with Gasteiger partial charge in [-0.05, 0) is 69.8 Å². The Bertz CT molecular complexity index is 502. The predicted octanol–water partition coefficient (Wildman–Crippen LogP) is 3.60. The van der Waals surface area contributed by atoms with E-state index in [0.29, 0.717) is 12.6 Å². The summed E-state index contributed by atoms with van der Waals surface area (Å²) in [6.07, 6.45) is 4.08. The Labute approximate surface area is 121 Å². The van der Waals surface area contributed by atoms with E-state index < -0.39 is 0 Å². The highest BCUT2D eigenvalue weighted by molar-refractivity contribution is 5.40. The number of benzene rings is 1. The number of nitriles is 1. The van der Waals surface area contributed by atoms with Crippen molar-refractivity contribution in [3.63, 3.8) is 0 Å². The third-order valence-electron chi connectivity index (χ3n) is 4.06. The predicted molar refractivity (Wildman–Crippen MR) is 80.7 cm³/mol. The summed E-state index contributed by atoms with van der Waals surface area (Å²) < 4.78 is 5.81. The molecule has 1 aromatic carbocycles. The summed E-state index contributed by atoms with van der Waals surface area (Å²) in [5, 5.41) is 12.3. The van der Waals surface area contributed by atoms with E-state index in [4.69, 9.17) is 10.00 Å². The van der Waals surface area contributed by atoms with Crippen molar-refractivity contribution in [2.24, 2.45) is 5.41 Å². The third kappa shape index (κ3) is 3.52. The van der Waals surface area contributed by atoms with Gasteiger partial charge in [0.15, 0.2) is 0 Å². The molecule has 0 amide bonds. The zero-order chi connectivity index (χ0) is 14.6. The second kappa shape index (κ2) is 6.28. The molecule has 1 atom stereocenters. The molecular formula is C17H24N2O. The van der Waals surface area contributed by atoms with Gasteiger partial charge in [-0.3, -0.25) is 0 Å². The Morgan fingerprint density at radius 1 is 1.45 bits per heavy atom. The zero-order valence-electron chi connectivity index (χ0n) is 12.7. The molecule has 0 aromatic heterocycles. The maximum absolute atomic E-state index is 8.97. The van der Waals surface area contributed by atoms with Crippen molar-refractivity contribution in [3.05, 3.63) is 29.3 Å². The molecule has 0 fully saturated rings. The fourth-order valence-electron chi connectivity index (χ4n) is 2.74. The van der Waals surface area contributed by atoms with Crippen LogP contribution in [0.3, 0.4) is 0 Å². The van der Waals surface area contributed by atoms with Crippen LogP contribution in [-0.4, -0.2) is 13.7 Å². The number of nitrogens with zero attached hydrogens (tertiary/aromatic N) is 1. The van der Waals surface area contributed by atoms with Gasteiger partial charge in [0.25, 0.3) is 0 Å². The standard InChI is InChI=1S/C17H24N2O/c1-17(2,12-18)9-4-10-20-14-6-7-15-13(11-14)5-8-16(15)19-3/h6-7,11,16,19H,4-5,8-10H2,1-3H3. The highest BCUT2D eigenvalue weighted by atomic mass is 16.5. The Kier molecular flexibility index (Phi) is 4.67. The SMILES string of the molecule is CNC1CCc2cc(OCCCC(C)(C)C#N)ccc21.